The molecule has 6 N–H and O–H groups in total. The van der Waals surface area contributed by atoms with Crippen molar-refractivity contribution in [1.82, 2.24) is 58.5 Å². The maximum absolute atomic E-state index is 13.5. The lowest BCUT2D eigenvalue weighted by atomic mass is 9.72. The van der Waals surface area contributed by atoms with Crippen LogP contribution in [0, 0.1) is 88.5 Å². The average Bonchev–Trinajstić information content (AvgIpc) is 1.20. The topological polar surface area (TPSA) is 364 Å². The van der Waals surface area contributed by atoms with Crippen LogP contribution in [0.5, 0.6) is 0 Å². The van der Waals surface area contributed by atoms with Gasteiger partial charge in [0.1, 0.15) is 67.4 Å². The second-order valence-corrected chi connectivity index (χ2v) is 35.6. The van der Waals surface area contributed by atoms with E-state index in [-0.39, 0.29) is 33.7 Å². The minimum absolute atomic E-state index is 0.00461. The molecule has 123 heavy (non-hydrogen) atoms. The summed E-state index contributed by atoms with van der Waals surface area (Å²) in [5, 5.41) is 102. The Morgan fingerprint density at radius 1 is 0.415 bits per heavy atom. The maximum atomic E-state index is 13.5. The molecule has 6 aliphatic heterocycles. The van der Waals surface area contributed by atoms with E-state index in [9.17, 15) is 58.7 Å². The van der Waals surface area contributed by atoms with Crippen LogP contribution >= 0.6 is 34.0 Å². The normalized spacial score (nSPS) is 16.4. The molecule has 3 aromatic carbocycles. The van der Waals surface area contributed by atoms with Gasteiger partial charge in [0.2, 0.25) is 0 Å². The predicted molar refractivity (Wildman–Crippen MR) is 462 cm³/mol. The minimum atomic E-state index is -1.35. The lowest BCUT2D eigenvalue weighted by molar-refractivity contribution is -0.156. The van der Waals surface area contributed by atoms with Crippen LogP contribution in [0.15, 0.2) is 109 Å². The number of nitrogens with zero attached hydrogens (tertiary/aromatic N) is 21. The van der Waals surface area contributed by atoms with Crippen molar-refractivity contribution in [2.45, 2.75) is 79.1 Å². The van der Waals surface area contributed by atoms with E-state index < -0.39 is 55.9 Å². The van der Waals surface area contributed by atoms with Gasteiger partial charge >= 0.3 is 0 Å². The first-order chi connectivity index (χ1) is 59.0. The van der Waals surface area contributed by atoms with Gasteiger partial charge in [0.15, 0.2) is 33.7 Å². The third kappa shape index (κ3) is 15.4. The summed E-state index contributed by atoms with van der Waals surface area (Å²) >= 11 is 3.86. The number of amides is 3. The number of carbonyl (C=O) groups excluding carboxylic acids is 3. The number of carbonyl (C=O) groups is 3. The SMILES string of the molecule is CCc1nn2c(C)cc(N3CC4(CN(C(=O)C(O)CO)C4)C3)cc2c1N(C)c1nc(-c2ccc(F)cc2)c(C#N)s1.CCc1nn2c(C)cc(N3CC4(CN(C(=O)[C@@H](O)CO)C4)C3)cc2c1N(C)c1nc(-c2ccc(F)cc2)c(C#N)s1.CCc1nn2c(C)cc(N3CC4(CN(C(=O)[C@H](O)CO)C4)C3)cc2c1N(C)c1nc(-c2ccc(F)cc2)c(C#N)s1. The van der Waals surface area contributed by atoms with E-state index in [2.05, 4.69) is 90.1 Å². The van der Waals surface area contributed by atoms with Crippen molar-refractivity contribution in [3.63, 3.8) is 0 Å². The molecular formula is C87H90F3N21O9S3. The molecule has 1 unspecified atom stereocenters. The van der Waals surface area contributed by atoms with Gasteiger partial charge in [-0.2, -0.15) is 31.1 Å². The molecule has 0 aliphatic carbocycles. The van der Waals surface area contributed by atoms with Crippen molar-refractivity contribution in [2.24, 2.45) is 16.2 Å². The Morgan fingerprint density at radius 3 is 0.862 bits per heavy atom. The van der Waals surface area contributed by atoms with E-state index in [1.54, 1.807) is 51.1 Å². The summed E-state index contributed by atoms with van der Waals surface area (Å²) < 4.78 is 46.3. The Hall–Kier alpha value is -12.2. The highest BCUT2D eigenvalue weighted by molar-refractivity contribution is 7.17. The zero-order valence-electron chi connectivity index (χ0n) is 69.0. The molecule has 3 atom stereocenters. The first kappa shape index (κ1) is 84.5. The number of benzene rings is 3. The number of aromatic nitrogens is 9. The summed E-state index contributed by atoms with van der Waals surface area (Å²) in [4.78, 5) is 69.8. The van der Waals surface area contributed by atoms with Crippen LogP contribution in [0.2, 0.25) is 0 Å². The Morgan fingerprint density at radius 2 is 0.650 bits per heavy atom. The van der Waals surface area contributed by atoms with Gasteiger partial charge in [0.05, 0.1) is 70.5 Å². The first-order valence-electron chi connectivity index (χ1n) is 40.3. The number of pyridine rings is 3. The number of rotatable bonds is 21. The van der Waals surface area contributed by atoms with E-state index in [0.29, 0.717) is 122 Å². The number of thiazole rings is 3. The lowest BCUT2D eigenvalue weighted by Crippen LogP contribution is -2.74. The van der Waals surface area contributed by atoms with Crippen molar-refractivity contribution in [2.75, 3.05) is 149 Å². The highest BCUT2D eigenvalue weighted by Gasteiger charge is 2.57. The van der Waals surface area contributed by atoms with Crippen LogP contribution in [0.25, 0.3) is 50.3 Å². The number of aryl methyl sites for hydroxylation is 6. The molecular weight excluding hydrogens is 1640 g/mol. The number of hydrogen-bond acceptors (Lipinski definition) is 27. The van der Waals surface area contributed by atoms with Gasteiger partial charge in [0, 0.05) is 167 Å². The fourth-order valence-electron chi connectivity index (χ4n) is 17.7. The smallest absolute Gasteiger partial charge is 0.253 e. The molecule has 18 rings (SSSR count). The number of fused-ring (bicyclic) bond motifs is 3. The average molecular weight is 1730 g/mol. The second-order valence-electron chi connectivity index (χ2n) is 32.7. The van der Waals surface area contributed by atoms with Crippen LogP contribution in [0.3, 0.4) is 0 Å². The van der Waals surface area contributed by atoms with Gasteiger partial charge in [-0.25, -0.2) is 41.7 Å². The monoisotopic (exact) mass is 1730 g/mol. The molecule has 12 aromatic rings. The zero-order chi connectivity index (χ0) is 87.2. The summed E-state index contributed by atoms with van der Waals surface area (Å²) in [6.45, 7) is 18.7. The van der Waals surface area contributed by atoms with Crippen molar-refractivity contribution >= 4 is 118 Å². The van der Waals surface area contributed by atoms with Crippen LogP contribution < -0.4 is 29.4 Å². The summed E-state index contributed by atoms with van der Waals surface area (Å²) in [7, 11) is 5.77. The molecule has 9 aromatic heterocycles. The quantitative estimate of drug-likeness (QED) is 0.0390. The molecule has 30 nitrogen and oxygen atoms in total. The largest absolute Gasteiger partial charge is 0.393 e. The Bertz CT molecular complexity index is 5630. The van der Waals surface area contributed by atoms with Gasteiger partial charge in [-0.3, -0.25) is 14.4 Å². The van der Waals surface area contributed by atoms with Crippen molar-refractivity contribution in [3.8, 4) is 52.0 Å². The number of likely N-dealkylation sites (tertiary alicyclic amines) is 3. The van der Waals surface area contributed by atoms with Crippen LogP contribution in [0.1, 0.15) is 69.6 Å². The summed E-state index contributed by atoms with van der Waals surface area (Å²) in [6.07, 6.45) is -1.96. The van der Waals surface area contributed by atoms with E-state index in [4.69, 9.17) is 45.6 Å². The molecule has 0 radical (unpaired) electrons. The number of halogens is 3. The summed E-state index contributed by atoms with van der Waals surface area (Å²) in [5.41, 5.74) is 18.0. The second kappa shape index (κ2) is 33.2. The fraction of sp³-hybridized carbons (Fsp3) is 0.379. The molecule has 6 fully saturated rings. The number of aliphatic hydroxyl groups excluding tert-OH is 6. The Balaban J connectivity index is 0.000000137. The van der Waals surface area contributed by atoms with Crippen molar-refractivity contribution < 1.29 is 58.2 Å². The van der Waals surface area contributed by atoms with E-state index >= 15 is 0 Å². The molecule has 0 saturated carbocycles. The lowest BCUT2D eigenvalue weighted by Gasteiger charge is -2.61. The van der Waals surface area contributed by atoms with Crippen LogP contribution in [-0.2, 0) is 33.6 Å². The van der Waals surface area contributed by atoms with E-state index in [1.165, 1.54) is 70.4 Å². The zero-order valence-corrected chi connectivity index (χ0v) is 71.5. The molecule has 15 heterocycles. The van der Waals surface area contributed by atoms with Gasteiger partial charge < -0.3 is 74.7 Å². The molecule has 6 saturated heterocycles. The minimum Gasteiger partial charge on any atom is -0.393 e. The Labute approximate surface area is 717 Å². The number of anilines is 9. The van der Waals surface area contributed by atoms with Gasteiger partial charge in [-0.1, -0.05) is 54.8 Å². The first-order valence-corrected chi connectivity index (χ1v) is 42.7. The van der Waals surface area contributed by atoms with Crippen molar-refractivity contribution in [3.05, 3.63) is 175 Å². The highest BCUT2D eigenvalue weighted by Crippen LogP contribution is 2.50. The highest BCUT2D eigenvalue weighted by atomic mass is 32.1. The molecule has 36 heteroatoms. The molecule has 6 aliphatic rings. The third-order valence-electron chi connectivity index (χ3n) is 23.9. The van der Waals surface area contributed by atoms with E-state index in [0.717, 1.165) is 124 Å². The number of hydrogen-bond donors (Lipinski definition) is 6. The summed E-state index contributed by atoms with van der Waals surface area (Å²) in [5.74, 6) is -2.29. The van der Waals surface area contributed by atoms with Gasteiger partial charge in [0.25, 0.3) is 17.7 Å². The van der Waals surface area contributed by atoms with E-state index in [1.807, 2.05) is 70.2 Å². The third-order valence-corrected chi connectivity index (χ3v) is 27.0. The molecule has 3 amide bonds. The van der Waals surface area contributed by atoms with Crippen LogP contribution in [0.4, 0.5) is 62.7 Å². The Kier molecular flexibility index (Phi) is 22.8. The standard InChI is InChI=1S/3C29H30FN7O3S/c3*1-4-21-26(34(3)28-32-25(24(11-31)41-28)18-5-7-19(30)8-6-18)22-10-20(9-17(2)37(22)33-21)35-13-29(14-35)15-36(16-29)27(40)23(39)12-38/h3*5-10,23,38-39H,4,12-16H2,1-3H3/t2*23-;/m10./s1. The van der Waals surface area contributed by atoms with Gasteiger partial charge in [-0.15, -0.1) is 0 Å². The number of aliphatic hydroxyl groups is 6. The van der Waals surface area contributed by atoms with Gasteiger partial charge in [-0.05, 0) is 149 Å². The maximum Gasteiger partial charge on any atom is 0.253 e. The number of nitriles is 3. The predicted octanol–water partition coefficient (Wildman–Crippen LogP) is 9.33. The van der Waals surface area contributed by atoms with Crippen molar-refractivity contribution in [1.29, 1.82) is 15.8 Å². The summed E-state index contributed by atoms with van der Waals surface area (Å²) in [6, 6.07) is 37.3. The van der Waals surface area contributed by atoms with Crippen LogP contribution in [-0.4, -0.2) is 245 Å². The molecule has 3 spiro atoms. The molecule has 636 valence electrons. The molecule has 0 bridgehead atoms. The fourth-order valence-corrected chi connectivity index (χ4v) is 20.2.